The zero-order valence-corrected chi connectivity index (χ0v) is 18.8. The number of rotatable bonds is 20. The fourth-order valence-corrected chi connectivity index (χ4v) is 4.64. The van der Waals surface area contributed by atoms with Crippen molar-refractivity contribution in [2.75, 3.05) is 0 Å². The minimum atomic E-state index is -3.88. The second-order valence-electron chi connectivity index (χ2n) is 8.19. The van der Waals surface area contributed by atoms with Gasteiger partial charge in [-0.1, -0.05) is 104 Å². The van der Waals surface area contributed by atoms with Gasteiger partial charge in [-0.15, -0.1) is 0 Å². The molecule has 0 radical (unpaired) electrons. The van der Waals surface area contributed by atoms with Crippen molar-refractivity contribution < 1.29 is 18.1 Å². The Morgan fingerprint density at radius 2 is 1.00 bits per heavy atom. The highest BCUT2D eigenvalue weighted by atomic mass is 32.2. The molecule has 2 atom stereocenters. The Hall–Kier alpha value is -0.130. The van der Waals surface area contributed by atoms with Crippen LogP contribution in [0.2, 0.25) is 0 Å². The maximum absolute atomic E-state index is 11.5. The van der Waals surface area contributed by atoms with Crippen LogP contribution < -0.4 is 0 Å². The van der Waals surface area contributed by atoms with E-state index in [4.69, 9.17) is 0 Å². The van der Waals surface area contributed by atoms with Crippen LogP contribution in [-0.2, 0) is 10.1 Å². The van der Waals surface area contributed by atoms with Crippen molar-refractivity contribution in [3.8, 4) is 0 Å². The molecule has 0 aliphatic carbocycles. The van der Waals surface area contributed by atoms with Crippen LogP contribution >= 0.6 is 0 Å². The van der Waals surface area contributed by atoms with E-state index < -0.39 is 15.4 Å². The quantitative estimate of drug-likeness (QED) is 0.175. The summed E-state index contributed by atoms with van der Waals surface area (Å²) in [6.07, 6.45) is 18.9. The zero-order valence-electron chi connectivity index (χ0n) is 18.0. The lowest BCUT2D eigenvalue weighted by Gasteiger charge is -2.13. The van der Waals surface area contributed by atoms with Gasteiger partial charge < -0.3 is 5.11 Å². The van der Waals surface area contributed by atoms with Gasteiger partial charge in [0, 0.05) is 0 Å². The van der Waals surface area contributed by atoms with Crippen molar-refractivity contribution in [2.24, 2.45) is 0 Å². The van der Waals surface area contributed by atoms with E-state index in [2.05, 4.69) is 13.8 Å². The van der Waals surface area contributed by atoms with Crippen LogP contribution in [0.3, 0.4) is 0 Å². The summed E-state index contributed by atoms with van der Waals surface area (Å²) >= 11 is 0. The monoisotopic (exact) mass is 406 g/mol. The van der Waals surface area contributed by atoms with E-state index >= 15 is 0 Å². The van der Waals surface area contributed by atoms with Gasteiger partial charge in [0.25, 0.3) is 10.1 Å². The van der Waals surface area contributed by atoms with Crippen LogP contribution in [0, 0.1) is 0 Å². The van der Waals surface area contributed by atoms with Gasteiger partial charge in [-0.2, -0.15) is 8.42 Å². The number of unbranched alkanes of at least 4 members (excludes halogenated alkanes) is 11. The zero-order chi connectivity index (χ0) is 20.4. The van der Waals surface area contributed by atoms with E-state index in [9.17, 15) is 18.1 Å². The summed E-state index contributed by atoms with van der Waals surface area (Å²) in [6.45, 7) is 4.21. The smallest absolute Gasteiger partial charge is 0.267 e. The molecule has 5 heteroatoms. The van der Waals surface area contributed by atoms with Crippen molar-refractivity contribution in [1.29, 1.82) is 0 Å². The summed E-state index contributed by atoms with van der Waals surface area (Å²) < 4.78 is 32.3. The molecule has 2 N–H and O–H groups in total. The number of hydrogen-bond acceptors (Lipinski definition) is 3. The SMILES string of the molecule is CCCCCC(CCCCCCCCCCCCC(O)CCC)S(=O)(=O)O. The molecule has 164 valence electrons. The fraction of sp³-hybridized carbons (Fsp3) is 1.00. The molecule has 27 heavy (non-hydrogen) atoms. The molecule has 0 aromatic heterocycles. The van der Waals surface area contributed by atoms with E-state index in [-0.39, 0.29) is 6.10 Å². The molecule has 0 aromatic carbocycles. The minimum Gasteiger partial charge on any atom is -0.393 e. The highest BCUT2D eigenvalue weighted by Crippen LogP contribution is 2.19. The molecule has 0 aliphatic rings. The first-order chi connectivity index (χ1) is 12.9. The van der Waals surface area contributed by atoms with Crippen molar-refractivity contribution in [3.05, 3.63) is 0 Å². The predicted octanol–water partition coefficient (Wildman–Crippen LogP) is 6.67. The molecule has 0 amide bonds. The normalized spacial score (nSPS) is 14.4. The van der Waals surface area contributed by atoms with E-state index in [1.54, 1.807) is 0 Å². The van der Waals surface area contributed by atoms with Crippen LogP contribution in [-0.4, -0.2) is 29.4 Å². The van der Waals surface area contributed by atoms with Crippen LogP contribution in [0.5, 0.6) is 0 Å². The molecule has 0 aliphatic heterocycles. The Morgan fingerprint density at radius 3 is 1.41 bits per heavy atom. The third kappa shape index (κ3) is 17.7. The molecule has 4 nitrogen and oxygen atoms in total. The summed E-state index contributed by atoms with van der Waals surface area (Å²) in [7, 11) is -3.88. The molecule has 0 saturated carbocycles. The second kappa shape index (κ2) is 17.9. The van der Waals surface area contributed by atoms with Gasteiger partial charge in [0.1, 0.15) is 0 Å². The highest BCUT2D eigenvalue weighted by Gasteiger charge is 2.21. The predicted molar refractivity (Wildman–Crippen MR) is 116 cm³/mol. The standard InChI is InChI=1S/C22H46O4S/c1-3-5-14-19-22(27(24,25)26)20-16-13-11-9-7-6-8-10-12-15-18-21(23)17-4-2/h21-23H,3-20H2,1-2H3,(H,24,25,26). The average Bonchev–Trinajstić information content (AvgIpc) is 2.60. The van der Waals surface area contributed by atoms with E-state index in [0.717, 1.165) is 64.2 Å². The number of aliphatic hydroxyl groups is 1. The van der Waals surface area contributed by atoms with Gasteiger partial charge >= 0.3 is 0 Å². The van der Waals surface area contributed by atoms with Gasteiger partial charge in [-0.05, 0) is 25.7 Å². The van der Waals surface area contributed by atoms with Crippen molar-refractivity contribution in [1.82, 2.24) is 0 Å². The lowest BCUT2D eigenvalue weighted by molar-refractivity contribution is 0.150. The third-order valence-electron chi connectivity index (χ3n) is 5.49. The van der Waals surface area contributed by atoms with E-state index in [0.29, 0.717) is 12.8 Å². The van der Waals surface area contributed by atoms with Gasteiger partial charge in [-0.3, -0.25) is 4.55 Å². The average molecular weight is 407 g/mol. The molecule has 0 aromatic rings. The van der Waals surface area contributed by atoms with Crippen LogP contribution in [0.1, 0.15) is 129 Å². The van der Waals surface area contributed by atoms with Gasteiger partial charge in [0.15, 0.2) is 0 Å². The molecule has 0 fully saturated rings. The van der Waals surface area contributed by atoms with Crippen molar-refractivity contribution in [3.63, 3.8) is 0 Å². The molecule has 0 heterocycles. The first-order valence-corrected chi connectivity index (χ1v) is 13.1. The lowest BCUT2D eigenvalue weighted by Crippen LogP contribution is -2.20. The van der Waals surface area contributed by atoms with Gasteiger partial charge in [0.2, 0.25) is 0 Å². The third-order valence-corrected chi connectivity index (χ3v) is 6.80. The van der Waals surface area contributed by atoms with Crippen LogP contribution in [0.4, 0.5) is 0 Å². The summed E-state index contributed by atoms with van der Waals surface area (Å²) in [4.78, 5) is 0. The largest absolute Gasteiger partial charge is 0.393 e. The molecule has 0 spiro atoms. The highest BCUT2D eigenvalue weighted by molar-refractivity contribution is 7.86. The summed E-state index contributed by atoms with van der Waals surface area (Å²) in [6, 6.07) is 0. The molecule has 0 bridgehead atoms. The first-order valence-electron chi connectivity index (χ1n) is 11.6. The molecule has 0 saturated heterocycles. The minimum absolute atomic E-state index is 0.0953. The fourth-order valence-electron chi connectivity index (χ4n) is 3.71. The Balaban J connectivity index is 3.49. The number of hydrogen-bond donors (Lipinski definition) is 2. The van der Waals surface area contributed by atoms with E-state index in [1.807, 2.05) is 0 Å². The lowest BCUT2D eigenvalue weighted by atomic mass is 10.0. The molecular weight excluding hydrogens is 360 g/mol. The molecule has 2 unspecified atom stereocenters. The maximum atomic E-state index is 11.5. The summed E-state index contributed by atoms with van der Waals surface area (Å²) in [5.41, 5.74) is 0. The maximum Gasteiger partial charge on any atom is 0.267 e. The first kappa shape index (κ1) is 26.9. The van der Waals surface area contributed by atoms with Crippen LogP contribution in [0.15, 0.2) is 0 Å². The Labute approximate surface area is 169 Å². The van der Waals surface area contributed by atoms with Crippen molar-refractivity contribution in [2.45, 2.75) is 141 Å². The van der Waals surface area contributed by atoms with Crippen LogP contribution in [0.25, 0.3) is 0 Å². The second-order valence-corrected chi connectivity index (χ2v) is 9.88. The Morgan fingerprint density at radius 1 is 0.593 bits per heavy atom. The Bertz CT molecular complexity index is 409. The Kier molecular flexibility index (Phi) is 17.8. The summed E-state index contributed by atoms with van der Waals surface area (Å²) in [5.74, 6) is 0. The van der Waals surface area contributed by atoms with Gasteiger partial charge in [-0.25, -0.2) is 0 Å². The van der Waals surface area contributed by atoms with Gasteiger partial charge in [0.05, 0.1) is 11.4 Å². The molecular formula is C22H46O4S. The number of aliphatic hydroxyl groups excluding tert-OH is 1. The van der Waals surface area contributed by atoms with E-state index in [1.165, 1.54) is 38.5 Å². The van der Waals surface area contributed by atoms with Crippen molar-refractivity contribution >= 4 is 10.1 Å². The molecule has 0 rings (SSSR count). The topological polar surface area (TPSA) is 74.6 Å². The summed E-state index contributed by atoms with van der Waals surface area (Å²) in [5, 5.41) is 9.12.